The van der Waals surface area contributed by atoms with Gasteiger partial charge in [0.25, 0.3) is 0 Å². The van der Waals surface area contributed by atoms with Crippen LogP contribution in [0.4, 0.5) is 32.2 Å². The Morgan fingerprint density at radius 2 is 1.86 bits per heavy atom. The fraction of sp³-hybridized carbons (Fsp3) is 0.552. The van der Waals surface area contributed by atoms with Gasteiger partial charge in [-0.15, -0.1) is 0 Å². The third-order valence-corrected chi connectivity index (χ3v) is 9.29. The number of benzene rings is 1. The standard InChI is InChI=1S/C29H30F6N6O2/c1-42-25-21-24(22(31)20(23(25)32)18-5-7-36-10-19(18)29(33,34)35)38-27(39-26(21)40-12-16-3-4-17(13-40)37-16)43-14-28-6-2-8-41(28)11-15(30)9-28/h5,7,10,15-17,37H,2-4,6,8-9,11-14H2,1H3/t15-,16?,17?,28+/m1/s1. The molecule has 0 radical (unpaired) electrons. The zero-order valence-corrected chi connectivity index (χ0v) is 23.4. The highest BCUT2D eigenvalue weighted by Crippen LogP contribution is 2.47. The first kappa shape index (κ1) is 28.4. The minimum atomic E-state index is -4.93. The number of nitrogens with zero attached hydrogens (tertiary/aromatic N) is 5. The van der Waals surface area contributed by atoms with Gasteiger partial charge in [-0.3, -0.25) is 9.88 Å². The smallest absolute Gasteiger partial charge is 0.418 e. The number of hydrogen-bond acceptors (Lipinski definition) is 8. The summed E-state index contributed by atoms with van der Waals surface area (Å²) in [7, 11) is 1.16. The first-order valence-corrected chi connectivity index (χ1v) is 14.4. The monoisotopic (exact) mass is 608 g/mol. The van der Waals surface area contributed by atoms with Gasteiger partial charge in [0.15, 0.2) is 17.4 Å². The van der Waals surface area contributed by atoms with Gasteiger partial charge < -0.3 is 19.7 Å². The minimum absolute atomic E-state index is 0.0561. The van der Waals surface area contributed by atoms with Crippen molar-refractivity contribution in [1.82, 2.24) is 25.2 Å². The molecule has 0 aliphatic carbocycles. The van der Waals surface area contributed by atoms with Crippen molar-refractivity contribution in [2.75, 3.05) is 44.8 Å². The van der Waals surface area contributed by atoms with Crippen LogP contribution >= 0.6 is 0 Å². The van der Waals surface area contributed by atoms with Crippen LogP contribution in [-0.4, -0.2) is 83.5 Å². The molecule has 2 bridgehead atoms. The molecule has 4 fully saturated rings. The lowest BCUT2D eigenvalue weighted by Crippen LogP contribution is -2.51. The molecule has 4 atom stereocenters. The van der Waals surface area contributed by atoms with Crippen molar-refractivity contribution in [2.24, 2.45) is 0 Å². The molecule has 7 rings (SSSR count). The number of rotatable bonds is 6. The lowest BCUT2D eigenvalue weighted by atomic mass is 9.95. The second kappa shape index (κ2) is 10.4. The molecular formula is C29H30F6N6O2. The number of aromatic nitrogens is 3. The summed E-state index contributed by atoms with van der Waals surface area (Å²) in [4.78, 5) is 16.4. The number of piperazine rings is 1. The second-order valence-electron chi connectivity index (χ2n) is 11.9. The molecule has 1 aromatic carbocycles. The van der Waals surface area contributed by atoms with Crippen LogP contribution in [-0.2, 0) is 6.18 Å². The summed E-state index contributed by atoms with van der Waals surface area (Å²) in [5.74, 6) is -2.91. The Morgan fingerprint density at radius 1 is 1.09 bits per heavy atom. The summed E-state index contributed by atoms with van der Waals surface area (Å²) in [6.07, 6.45) is -0.655. The number of ether oxygens (including phenoxy) is 2. The van der Waals surface area contributed by atoms with Gasteiger partial charge in [0.2, 0.25) is 0 Å². The lowest BCUT2D eigenvalue weighted by molar-refractivity contribution is -0.137. The van der Waals surface area contributed by atoms with Crippen molar-refractivity contribution < 1.29 is 35.8 Å². The van der Waals surface area contributed by atoms with Crippen LogP contribution in [0.3, 0.4) is 0 Å². The Kier molecular flexibility index (Phi) is 6.84. The van der Waals surface area contributed by atoms with Gasteiger partial charge in [-0.05, 0) is 38.3 Å². The average Bonchev–Trinajstić information content (AvgIpc) is 3.62. The zero-order chi connectivity index (χ0) is 30.1. The summed E-state index contributed by atoms with van der Waals surface area (Å²) >= 11 is 0. The third kappa shape index (κ3) is 4.73. The van der Waals surface area contributed by atoms with Crippen LogP contribution in [0.15, 0.2) is 18.5 Å². The SMILES string of the molecule is COc1c(F)c(-c2ccncc2C(F)(F)F)c(F)c2nc(OC[C@@]34CCCN3C[C@H](F)C4)nc(N3CC4CCC(C3)N4)c12. The molecule has 2 aromatic heterocycles. The molecular weight excluding hydrogens is 578 g/mol. The Balaban J connectivity index is 1.40. The van der Waals surface area contributed by atoms with Crippen LogP contribution in [0.1, 0.15) is 37.7 Å². The van der Waals surface area contributed by atoms with Crippen LogP contribution in [0.5, 0.6) is 11.8 Å². The highest BCUT2D eigenvalue weighted by atomic mass is 19.4. The Hall–Kier alpha value is -3.39. The predicted molar refractivity (Wildman–Crippen MR) is 145 cm³/mol. The molecule has 4 aliphatic rings. The quantitative estimate of drug-likeness (QED) is 0.397. The number of methoxy groups -OCH3 is 1. The van der Waals surface area contributed by atoms with Crippen molar-refractivity contribution in [1.29, 1.82) is 0 Å². The van der Waals surface area contributed by atoms with E-state index >= 15 is 8.78 Å². The van der Waals surface area contributed by atoms with E-state index in [0.29, 0.717) is 25.8 Å². The summed E-state index contributed by atoms with van der Waals surface area (Å²) < 4.78 is 100. The van der Waals surface area contributed by atoms with E-state index in [1.54, 1.807) is 0 Å². The van der Waals surface area contributed by atoms with Crippen molar-refractivity contribution in [3.63, 3.8) is 0 Å². The van der Waals surface area contributed by atoms with E-state index in [0.717, 1.165) is 51.6 Å². The van der Waals surface area contributed by atoms with Gasteiger partial charge in [0.1, 0.15) is 24.1 Å². The minimum Gasteiger partial charge on any atom is -0.493 e. The largest absolute Gasteiger partial charge is 0.493 e. The Morgan fingerprint density at radius 3 is 2.58 bits per heavy atom. The van der Waals surface area contributed by atoms with Gasteiger partial charge in [-0.1, -0.05) is 0 Å². The maximum absolute atomic E-state index is 16.5. The number of nitrogens with one attached hydrogen (secondary N) is 1. The molecule has 0 saturated carbocycles. The number of alkyl halides is 4. The first-order valence-electron chi connectivity index (χ1n) is 14.4. The molecule has 6 heterocycles. The van der Waals surface area contributed by atoms with Crippen LogP contribution in [0.25, 0.3) is 22.0 Å². The number of hydrogen-bond donors (Lipinski definition) is 1. The summed E-state index contributed by atoms with van der Waals surface area (Å²) in [5.41, 5.74) is -3.96. The molecule has 0 spiro atoms. The lowest BCUT2D eigenvalue weighted by Gasteiger charge is -2.35. The highest BCUT2D eigenvalue weighted by Gasteiger charge is 2.49. The summed E-state index contributed by atoms with van der Waals surface area (Å²) in [5, 5.41) is 3.40. The molecule has 4 saturated heterocycles. The topological polar surface area (TPSA) is 75.6 Å². The van der Waals surface area contributed by atoms with Crippen molar-refractivity contribution in [3.05, 3.63) is 35.7 Å². The van der Waals surface area contributed by atoms with E-state index in [2.05, 4.69) is 20.3 Å². The van der Waals surface area contributed by atoms with Crippen molar-refractivity contribution in [2.45, 2.75) is 62.1 Å². The number of pyridine rings is 1. The maximum Gasteiger partial charge on any atom is 0.418 e. The molecule has 8 nitrogen and oxygen atoms in total. The molecule has 4 aliphatic heterocycles. The normalized spacial score (nSPS) is 27.2. The zero-order valence-electron chi connectivity index (χ0n) is 23.4. The van der Waals surface area contributed by atoms with E-state index in [1.165, 1.54) is 0 Å². The van der Waals surface area contributed by atoms with Gasteiger partial charge >= 0.3 is 12.2 Å². The Labute approximate surface area is 243 Å². The van der Waals surface area contributed by atoms with E-state index in [9.17, 15) is 17.6 Å². The Bertz CT molecular complexity index is 1560. The average molecular weight is 609 g/mol. The number of halogens is 6. The molecule has 14 heteroatoms. The van der Waals surface area contributed by atoms with E-state index in [4.69, 9.17) is 9.47 Å². The predicted octanol–water partition coefficient (Wildman–Crippen LogP) is 4.89. The van der Waals surface area contributed by atoms with E-state index < -0.39 is 57.5 Å². The van der Waals surface area contributed by atoms with E-state index in [-0.39, 0.29) is 42.3 Å². The van der Waals surface area contributed by atoms with Gasteiger partial charge in [-0.25, -0.2) is 13.2 Å². The van der Waals surface area contributed by atoms with Gasteiger partial charge in [-0.2, -0.15) is 23.1 Å². The van der Waals surface area contributed by atoms with Crippen LogP contribution in [0, 0.1) is 11.6 Å². The number of anilines is 1. The third-order valence-electron chi connectivity index (χ3n) is 9.29. The number of fused-ring (bicyclic) bond motifs is 4. The van der Waals surface area contributed by atoms with Crippen LogP contribution < -0.4 is 19.7 Å². The molecule has 3 aromatic rings. The highest BCUT2D eigenvalue weighted by molar-refractivity contribution is 5.99. The summed E-state index contributed by atoms with van der Waals surface area (Å²) in [6, 6.07) is 0.946. The second-order valence-corrected chi connectivity index (χ2v) is 11.9. The molecule has 2 unspecified atom stereocenters. The summed E-state index contributed by atoms with van der Waals surface area (Å²) in [6.45, 7) is 2.07. The van der Waals surface area contributed by atoms with Crippen LogP contribution in [0.2, 0.25) is 0 Å². The first-order chi connectivity index (χ1) is 20.6. The van der Waals surface area contributed by atoms with Gasteiger partial charge in [0.05, 0.1) is 29.2 Å². The fourth-order valence-corrected chi connectivity index (χ4v) is 7.41. The van der Waals surface area contributed by atoms with Crippen molar-refractivity contribution in [3.8, 4) is 22.9 Å². The van der Waals surface area contributed by atoms with E-state index in [1.807, 2.05) is 9.80 Å². The fourth-order valence-electron chi connectivity index (χ4n) is 7.41. The molecule has 230 valence electrons. The molecule has 0 amide bonds. The maximum atomic E-state index is 16.5. The van der Waals surface area contributed by atoms with Gasteiger partial charge in [0, 0.05) is 56.1 Å². The molecule has 43 heavy (non-hydrogen) atoms. The van der Waals surface area contributed by atoms with Crippen molar-refractivity contribution >= 4 is 16.7 Å². The molecule has 1 N–H and O–H groups in total.